The summed E-state index contributed by atoms with van der Waals surface area (Å²) in [5.41, 5.74) is 4.04. The van der Waals surface area contributed by atoms with Gasteiger partial charge in [0, 0.05) is 0 Å². The number of ether oxygens (including phenoxy) is 1. The number of halogens is 1. The fraction of sp³-hybridized carbons (Fsp3) is 0.333. The van der Waals surface area contributed by atoms with Gasteiger partial charge in [-0.05, 0) is 72.7 Å². The third-order valence-electron chi connectivity index (χ3n) is 4.10. The second-order valence-corrected chi connectivity index (χ2v) is 5.63. The van der Waals surface area contributed by atoms with E-state index in [4.69, 9.17) is 4.74 Å². The number of aliphatic hydroxyl groups excluding tert-OH is 1. The van der Waals surface area contributed by atoms with Gasteiger partial charge in [-0.25, -0.2) is 4.39 Å². The zero-order chi connectivity index (χ0) is 14.8. The summed E-state index contributed by atoms with van der Waals surface area (Å²) < 4.78 is 18.9. The number of aliphatic hydroxyl groups is 1. The van der Waals surface area contributed by atoms with E-state index >= 15 is 0 Å². The molecule has 0 heterocycles. The Labute approximate surface area is 124 Å². The summed E-state index contributed by atoms with van der Waals surface area (Å²) in [4.78, 5) is 0. The topological polar surface area (TPSA) is 29.5 Å². The van der Waals surface area contributed by atoms with Crippen molar-refractivity contribution in [3.05, 3.63) is 64.5 Å². The molecule has 21 heavy (non-hydrogen) atoms. The highest BCUT2D eigenvalue weighted by atomic mass is 19.1. The molecule has 110 valence electrons. The zero-order valence-electron chi connectivity index (χ0n) is 12.1. The number of aryl methyl sites for hydroxylation is 2. The van der Waals surface area contributed by atoms with Crippen molar-refractivity contribution in [2.75, 3.05) is 0 Å². The van der Waals surface area contributed by atoms with E-state index in [2.05, 4.69) is 0 Å². The molecule has 0 aliphatic heterocycles. The standard InChI is InChI=1S/C18H19FO2/c1-12-9-15(19)7-5-14(12)11-21-16-8-6-13-3-2-4-18(20)17(13)10-16/h5-10,18,20H,2-4,11H2,1H3/t18-/m0/s1. The molecule has 2 aromatic rings. The quantitative estimate of drug-likeness (QED) is 0.921. The van der Waals surface area contributed by atoms with Gasteiger partial charge < -0.3 is 9.84 Å². The maximum atomic E-state index is 13.1. The first kappa shape index (κ1) is 14.1. The predicted octanol–water partition coefficient (Wildman–Crippen LogP) is 4.08. The predicted molar refractivity (Wildman–Crippen MR) is 79.8 cm³/mol. The lowest BCUT2D eigenvalue weighted by atomic mass is 9.89. The minimum Gasteiger partial charge on any atom is -0.489 e. The second kappa shape index (κ2) is 5.86. The van der Waals surface area contributed by atoms with Crippen LogP contribution in [0.3, 0.4) is 0 Å². The SMILES string of the molecule is Cc1cc(F)ccc1COc1ccc2c(c1)[C@@H](O)CCC2. The van der Waals surface area contributed by atoms with E-state index in [0.29, 0.717) is 6.61 Å². The Morgan fingerprint density at radius 2 is 2.10 bits per heavy atom. The lowest BCUT2D eigenvalue weighted by Crippen LogP contribution is -2.09. The van der Waals surface area contributed by atoms with Crippen molar-refractivity contribution in [2.24, 2.45) is 0 Å². The van der Waals surface area contributed by atoms with Crippen LogP contribution < -0.4 is 4.74 Å². The van der Waals surface area contributed by atoms with Gasteiger partial charge in [-0.15, -0.1) is 0 Å². The summed E-state index contributed by atoms with van der Waals surface area (Å²) in [5, 5.41) is 10.0. The molecule has 1 N–H and O–H groups in total. The van der Waals surface area contributed by atoms with Crippen LogP contribution in [-0.2, 0) is 13.0 Å². The molecule has 0 fully saturated rings. The molecule has 0 saturated heterocycles. The largest absolute Gasteiger partial charge is 0.489 e. The first-order valence-electron chi connectivity index (χ1n) is 7.32. The van der Waals surface area contributed by atoms with Gasteiger partial charge in [0.15, 0.2) is 0 Å². The minimum absolute atomic E-state index is 0.229. The van der Waals surface area contributed by atoms with Crippen LogP contribution in [0.25, 0.3) is 0 Å². The molecule has 2 aromatic carbocycles. The lowest BCUT2D eigenvalue weighted by molar-refractivity contribution is 0.156. The van der Waals surface area contributed by atoms with Crippen molar-refractivity contribution >= 4 is 0 Å². The maximum Gasteiger partial charge on any atom is 0.123 e. The van der Waals surface area contributed by atoms with Crippen molar-refractivity contribution in [1.29, 1.82) is 0 Å². The van der Waals surface area contributed by atoms with E-state index in [1.807, 2.05) is 25.1 Å². The Balaban J connectivity index is 1.75. The van der Waals surface area contributed by atoms with Crippen LogP contribution in [0.1, 0.15) is 41.2 Å². The summed E-state index contributed by atoms with van der Waals surface area (Å²) in [6.45, 7) is 2.28. The van der Waals surface area contributed by atoms with E-state index in [-0.39, 0.29) is 11.9 Å². The number of hydrogen-bond donors (Lipinski definition) is 1. The number of hydrogen-bond acceptors (Lipinski definition) is 2. The van der Waals surface area contributed by atoms with Gasteiger partial charge in [-0.1, -0.05) is 12.1 Å². The summed E-state index contributed by atoms with van der Waals surface area (Å²) in [6.07, 6.45) is 2.48. The van der Waals surface area contributed by atoms with Gasteiger partial charge in [0.05, 0.1) is 6.10 Å². The average Bonchev–Trinajstić information content (AvgIpc) is 2.47. The summed E-state index contributed by atoms with van der Waals surface area (Å²) in [5.74, 6) is 0.520. The van der Waals surface area contributed by atoms with Gasteiger partial charge in [0.2, 0.25) is 0 Å². The molecule has 3 rings (SSSR count). The van der Waals surface area contributed by atoms with Gasteiger partial charge in [-0.3, -0.25) is 0 Å². The van der Waals surface area contributed by atoms with Gasteiger partial charge >= 0.3 is 0 Å². The molecule has 3 heteroatoms. The number of benzene rings is 2. The second-order valence-electron chi connectivity index (χ2n) is 5.63. The third-order valence-corrected chi connectivity index (χ3v) is 4.10. The smallest absolute Gasteiger partial charge is 0.123 e. The number of fused-ring (bicyclic) bond motifs is 1. The fourth-order valence-electron chi connectivity index (χ4n) is 2.82. The highest BCUT2D eigenvalue weighted by Gasteiger charge is 2.18. The molecule has 2 nitrogen and oxygen atoms in total. The summed E-state index contributed by atoms with van der Waals surface area (Å²) in [6, 6.07) is 10.6. The van der Waals surface area contributed by atoms with Crippen molar-refractivity contribution in [3.63, 3.8) is 0 Å². The Morgan fingerprint density at radius 3 is 2.90 bits per heavy atom. The molecule has 0 aromatic heterocycles. The first-order valence-corrected chi connectivity index (χ1v) is 7.32. The van der Waals surface area contributed by atoms with E-state index < -0.39 is 0 Å². The molecular weight excluding hydrogens is 267 g/mol. The highest BCUT2D eigenvalue weighted by Crippen LogP contribution is 2.32. The summed E-state index contributed by atoms with van der Waals surface area (Å²) >= 11 is 0. The van der Waals surface area contributed by atoms with Gasteiger partial charge in [0.1, 0.15) is 18.2 Å². The molecule has 0 radical (unpaired) electrons. The Hall–Kier alpha value is -1.87. The van der Waals surface area contributed by atoms with E-state index in [9.17, 15) is 9.50 Å². The molecule has 0 amide bonds. The van der Waals surface area contributed by atoms with E-state index in [0.717, 1.165) is 41.7 Å². The highest BCUT2D eigenvalue weighted by molar-refractivity contribution is 5.38. The number of rotatable bonds is 3. The average molecular weight is 286 g/mol. The minimum atomic E-state index is -0.384. The van der Waals surface area contributed by atoms with Crippen molar-refractivity contribution in [2.45, 2.75) is 38.9 Å². The molecule has 0 spiro atoms. The normalized spacial score (nSPS) is 17.4. The Bertz CT molecular complexity index is 652. The van der Waals surface area contributed by atoms with Gasteiger partial charge in [0.25, 0.3) is 0 Å². The lowest BCUT2D eigenvalue weighted by Gasteiger charge is -2.22. The maximum absolute atomic E-state index is 13.1. The molecule has 1 aliphatic carbocycles. The first-order chi connectivity index (χ1) is 10.1. The zero-order valence-corrected chi connectivity index (χ0v) is 12.1. The molecule has 0 unspecified atom stereocenters. The Morgan fingerprint density at radius 1 is 1.24 bits per heavy atom. The van der Waals surface area contributed by atoms with Crippen molar-refractivity contribution in [1.82, 2.24) is 0 Å². The van der Waals surface area contributed by atoms with E-state index in [1.54, 1.807) is 6.07 Å². The summed E-state index contributed by atoms with van der Waals surface area (Å²) in [7, 11) is 0. The molecule has 0 bridgehead atoms. The fourth-order valence-corrected chi connectivity index (χ4v) is 2.82. The van der Waals surface area contributed by atoms with Crippen LogP contribution in [0.15, 0.2) is 36.4 Å². The van der Waals surface area contributed by atoms with Crippen molar-refractivity contribution in [3.8, 4) is 5.75 Å². The monoisotopic (exact) mass is 286 g/mol. The van der Waals surface area contributed by atoms with E-state index in [1.165, 1.54) is 17.7 Å². The van der Waals surface area contributed by atoms with Crippen LogP contribution >= 0.6 is 0 Å². The van der Waals surface area contributed by atoms with Crippen LogP contribution in [-0.4, -0.2) is 5.11 Å². The molecular formula is C18H19FO2. The third kappa shape index (κ3) is 3.08. The van der Waals surface area contributed by atoms with Gasteiger partial charge in [-0.2, -0.15) is 0 Å². The molecule has 1 atom stereocenters. The van der Waals surface area contributed by atoms with Crippen LogP contribution in [0, 0.1) is 12.7 Å². The van der Waals surface area contributed by atoms with Crippen LogP contribution in [0.4, 0.5) is 4.39 Å². The molecule has 1 aliphatic rings. The van der Waals surface area contributed by atoms with Crippen LogP contribution in [0.5, 0.6) is 5.75 Å². The Kier molecular flexibility index (Phi) is 3.93. The van der Waals surface area contributed by atoms with Crippen LogP contribution in [0.2, 0.25) is 0 Å². The van der Waals surface area contributed by atoms with Crippen molar-refractivity contribution < 1.29 is 14.2 Å². The molecule has 0 saturated carbocycles.